The van der Waals surface area contributed by atoms with E-state index in [1.54, 1.807) is 0 Å². The fraction of sp³-hybridized carbons (Fsp3) is 0.368. The normalized spacial score (nSPS) is 17.0. The molecule has 1 aromatic carbocycles. The van der Waals surface area contributed by atoms with Gasteiger partial charge in [-0.25, -0.2) is 0 Å². The van der Waals surface area contributed by atoms with E-state index in [-0.39, 0.29) is 30.7 Å². The van der Waals surface area contributed by atoms with Gasteiger partial charge in [0.05, 0.1) is 25.2 Å². The zero-order valence-electron chi connectivity index (χ0n) is 15.6. The van der Waals surface area contributed by atoms with Gasteiger partial charge in [0.2, 0.25) is 5.91 Å². The summed E-state index contributed by atoms with van der Waals surface area (Å²) in [5, 5.41) is 13.5. The molecule has 2 aliphatic rings. The van der Waals surface area contributed by atoms with Crippen LogP contribution in [0.25, 0.3) is 0 Å². The average Bonchev–Trinajstić information content (AvgIpc) is 3.19. The molecule has 1 aromatic heterocycles. The van der Waals surface area contributed by atoms with Crippen molar-refractivity contribution in [2.75, 3.05) is 49.6 Å². The van der Waals surface area contributed by atoms with Crippen molar-refractivity contribution in [3.63, 3.8) is 0 Å². The number of hydrogen-bond acceptors (Lipinski definition) is 7. The Hall–Kier alpha value is -3.40. The Morgan fingerprint density at radius 3 is 2.38 bits per heavy atom. The Kier molecular flexibility index (Phi) is 5.17. The van der Waals surface area contributed by atoms with Crippen molar-refractivity contribution in [3.05, 3.63) is 52.3 Å². The van der Waals surface area contributed by atoms with E-state index < -0.39 is 16.7 Å². The third-order valence-corrected chi connectivity index (χ3v) is 5.03. The van der Waals surface area contributed by atoms with Crippen LogP contribution in [0.1, 0.15) is 10.6 Å². The van der Waals surface area contributed by atoms with E-state index in [1.807, 2.05) is 24.3 Å². The van der Waals surface area contributed by atoms with E-state index in [4.69, 9.17) is 9.15 Å². The van der Waals surface area contributed by atoms with Crippen molar-refractivity contribution in [3.8, 4) is 0 Å². The summed E-state index contributed by atoms with van der Waals surface area (Å²) >= 11 is 0. The number of benzene rings is 1. The van der Waals surface area contributed by atoms with Gasteiger partial charge in [0.1, 0.15) is 4.92 Å². The Morgan fingerprint density at radius 2 is 1.76 bits per heavy atom. The molecule has 2 saturated heterocycles. The molecule has 3 heterocycles. The first kappa shape index (κ1) is 18.9. The van der Waals surface area contributed by atoms with Crippen LogP contribution in [0, 0.1) is 16.0 Å². The van der Waals surface area contributed by atoms with Gasteiger partial charge in [-0.1, -0.05) is 0 Å². The minimum absolute atomic E-state index is 0.103. The van der Waals surface area contributed by atoms with E-state index in [1.165, 1.54) is 11.0 Å². The SMILES string of the molecule is O=C(Nc1ccc(N2CCOCC2)cc1)C1CN(C(=O)c2ccc([N+](=O)[O-])o2)C1. The maximum Gasteiger partial charge on any atom is 0.433 e. The fourth-order valence-electron chi connectivity index (χ4n) is 3.33. The molecular weight excluding hydrogens is 380 g/mol. The number of hydrogen-bond donors (Lipinski definition) is 1. The molecule has 10 heteroatoms. The highest BCUT2D eigenvalue weighted by atomic mass is 16.6. The first-order valence-corrected chi connectivity index (χ1v) is 9.28. The Bertz CT molecular complexity index is 913. The average molecular weight is 400 g/mol. The molecular formula is C19H20N4O6. The number of anilines is 2. The second kappa shape index (κ2) is 7.92. The van der Waals surface area contributed by atoms with Crippen LogP contribution in [-0.2, 0) is 9.53 Å². The number of amides is 2. The lowest BCUT2D eigenvalue weighted by Crippen LogP contribution is -2.54. The van der Waals surface area contributed by atoms with E-state index in [9.17, 15) is 19.7 Å². The quantitative estimate of drug-likeness (QED) is 0.600. The van der Waals surface area contributed by atoms with E-state index >= 15 is 0 Å². The van der Waals surface area contributed by atoms with Crippen molar-refractivity contribution in [1.82, 2.24) is 4.90 Å². The molecule has 10 nitrogen and oxygen atoms in total. The summed E-state index contributed by atoms with van der Waals surface area (Å²) in [4.78, 5) is 38.2. The largest absolute Gasteiger partial charge is 0.433 e. The minimum atomic E-state index is -0.701. The topological polar surface area (TPSA) is 118 Å². The van der Waals surface area contributed by atoms with E-state index in [0.29, 0.717) is 18.9 Å². The van der Waals surface area contributed by atoms with Crippen molar-refractivity contribution in [2.24, 2.45) is 5.92 Å². The number of furan rings is 1. The van der Waals surface area contributed by atoms with Gasteiger partial charge in [-0.05, 0) is 30.3 Å². The summed E-state index contributed by atoms with van der Waals surface area (Å²) in [6, 6.07) is 10.0. The molecule has 2 amide bonds. The van der Waals surface area contributed by atoms with Gasteiger partial charge >= 0.3 is 5.88 Å². The molecule has 152 valence electrons. The third kappa shape index (κ3) is 4.06. The molecule has 0 saturated carbocycles. The predicted octanol–water partition coefficient (Wildman–Crippen LogP) is 1.74. The van der Waals surface area contributed by atoms with Gasteiger partial charge < -0.3 is 24.3 Å². The highest BCUT2D eigenvalue weighted by molar-refractivity contribution is 5.97. The molecule has 2 aromatic rings. The molecule has 0 spiro atoms. The highest BCUT2D eigenvalue weighted by Gasteiger charge is 2.37. The number of carbonyl (C=O) groups excluding carboxylic acids is 2. The number of nitrogens with one attached hydrogen (secondary N) is 1. The fourth-order valence-corrected chi connectivity index (χ4v) is 3.33. The Balaban J connectivity index is 1.28. The molecule has 0 bridgehead atoms. The van der Waals surface area contributed by atoms with Gasteiger partial charge in [-0.3, -0.25) is 19.7 Å². The van der Waals surface area contributed by atoms with Crippen LogP contribution in [0.3, 0.4) is 0 Å². The predicted molar refractivity (Wildman–Crippen MR) is 103 cm³/mol. The lowest BCUT2D eigenvalue weighted by molar-refractivity contribution is -0.402. The van der Waals surface area contributed by atoms with Crippen molar-refractivity contribution < 1.29 is 23.7 Å². The molecule has 0 atom stereocenters. The lowest BCUT2D eigenvalue weighted by atomic mass is 9.98. The van der Waals surface area contributed by atoms with Crippen LogP contribution in [0.15, 0.2) is 40.8 Å². The molecule has 2 fully saturated rings. The maximum atomic E-state index is 12.4. The first-order valence-electron chi connectivity index (χ1n) is 9.28. The number of nitro groups is 1. The summed E-state index contributed by atoms with van der Waals surface area (Å²) in [5.41, 5.74) is 1.78. The zero-order chi connectivity index (χ0) is 20.4. The minimum Gasteiger partial charge on any atom is -0.395 e. The Morgan fingerprint density at radius 1 is 1.07 bits per heavy atom. The molecule has 2 aliphatic heterocycles. The summed E-state index contributed by atoms with van der Waals surface area (Å²) in [6.07, 6.45) is 0. The highest BCUT2D eigenvalue weighted by Crippen LogP contribution is 2.24. The number of rotatable bonds is 5. The van der Waals surface area contributed by atoms with Crippen LogP contribution < -0.4 is 10.2 Å². The van der Waals surface area contributed by atoms with Crippen LogP contribution in [0.4, 0.5) is 17.3 Å². The van der Waals surface area contributed by atoms with Crippen molar-refractivity contribution in [2.45, 2.75) is 0 Å². The van der Waals surface area contributed by atoms with Gasteiger partial charge in [0.15, 0.2) is 5.76 Å². The summed E-state index contributed by atoms with van der Waals surface area (Å²) in [6.45, 7) is 3.59. The van der Waals surface area contributed by atoms with E-state index in [0.717, 1.165) is 24.8 Å². The molecule has 1 N–H and O–H groups in total. The number of morpholine rings is 1. The maximum absolute atomic E-state index is 12.4. The standard InChI is InChI=1S/C19H20N4O6/c24-18(20-14-1-3-15(4-2-14)21-7-9-28-10-8-21)13-11-22(12-13)19(25)16-5-6-17(29-16)23(26)27/h1-6,13H,7-12H2,(H,20,24). The summed E-state index contributed by atoms with van der Waals surface area (Å²) in [5.74, 6) is -1.55. The first-order chi connectivity index (χ1) is 14.0. The van der Waals surface area contributed by atoms with Crippen molar-refractivity contribution in [1.29, 1.82) is 0 Å². The molecule has 29 heavy (non-hydrogen) atoms. The monoisotopic (exact) mass is 400 g/mol. The zero-order valence-corrected chi connectivity index (χ0v) is 15.6. The molecule has 4 rings (SSSR count). The smallest absolute Gasteiger partial charge is 0.395 e. The van der Waals surface area contributed by atoms with Crippen molar-refractivity contribution >= 4 is 29.1 Å². The van der Waals surface area contributed by atoms with Crippen LogP contribution in [0.2, 0.25) is 0 Å². The van der Waals surface area contributed by atoms with E-state index in [2.05, 4.69) is 10.2 Å². The summed E-state index contributed by atoms with van der Waals surface area (Å²) in [7, 11) is 0. The van der Waals surface area contributed by atoms with Crippen LogP contribution in [-0.4, -0.2) is 61.0 Å². The number of ether oxygens (including phenoxy) is 1. The van der Waals surface area contributed by atoms with Crippen LogP contribution in [0.5, 0.6) is 0 Å². The molecule has 0 unspecified atom stereocenters. The van der Waals surface area contributed by atoms with Crippen LogP contribution >= 0.6 is 0 Å². The second-order valence-corrected chi connectivity index (χ2v) is 6.94. The Labute approximate surface area is 166 Å². The van der Waals surface area contributed by atoms with Gasteiger partial charge in [-0.2, -0.15) is 0 Å². The number of likely N-dealkylation sites (tertiary alicyclic amines) is 1. The second-order valence-electron chi connectivity index (χ2n) is 6.94. The summed E-state index contributed by atoms with van der Waals surface area (Å²) < 4.78 is 10.3. The lowest BCUT2D eigenvalue weighted by Gasteiger charge is -2.37. The van der Waals surface area contributed by atoms with Gasteiger partial charge in [0.25, 0.3) is 5.91 Å². The van der Waals surface area contributed by atoms with Gasteiger partial charge in [-0.15, -0.1) is 0 Å². The van der Waals surface area contributed by atoms with Gasteiger partial charge in [0, 0.05) is 37.6 Å². The number of nitrogens with zero attached hydrogens (tertiary/aromatic N) is 3. The molecule has 0 radical (unpaired) electrons. The molecule has 0 aliphatic carbocycles. The number of carbonyl (C=O) groups is 2. The third-order valence-electron chi connectivity index (χ3n) is 5.03.